The van der Waals surface area contributed by atoms with E-state index in [2.05, 4.69) is 4.74 Å². The van der Waals surface area contributed by atoms with E-state index in [0.717, 1.165) is 4.88 Å². The van der Waals surface area contributed by atoms with Crippen molar-refractivity contribution in [2.45, 2.75) is 6.92 Å². The van der Waals surface area contributed by atoms with E-state index in [-0.39, 0.29) is 11.4 Å². The molecule has 1 aromatic heterocycles. The smallest absolute Gasteiger partial charge is 0.341 e. The lowest BCUT2D eigenvalue weighted by Crippen LogP contribution is -2.11. The van der Waals surface area contributed by atoms with Gasteiger partial charge in [-0.2, -0.15) is 0 Å². The van der Waals surface area contributed by atoms with Crippen LogP contribution in [0.25, 0.3) is 6.08 Å². The van der Waals surface area contributed by atoms with Crippen LogP contribution in [-0.2, 0) is 14.3 Å². The van der Waals surface area contributed by atoms with Crippen molar-refractivity contribution >= 4 is 29.2 Å². The third kappa shape index (κ3) is 2.53. The minimum Gasteiger partial charge on any atom is -0.465 e. The monoisotopic (exact) mass is 210 g/mol. The van der Waals surface area contributed by atoms with Crippen molar-refractivity contribution in [3.63, 3.8) is 0 Å². The maximum atomic E-state index is 11.2. The molecule has 74 valence electrons. The molecule has 1 heterocycles. The summed E-state index contributed by atoms with van der Waals surface area (Å²) in [4.78, 5) is 23.1. The Balaban J connectivity index is 2.99. The molecule has 4 heteroatoms. The highest BCUT2D eigenvalue weighted by molar-refractivity contribution is 7.10. The van der Waals surface area contributed by atoms with Crippen LogP contribution >= 0.6 is 11.3 Å². The molecular weight excluding hydrogens is 200 g/mol. The molecule has 0 N–H and O–H groups in total. The first-order valence-electron chi connectivity index (χ1n) is 3.99. The predicted molar refractivity (Wildman–Crippen MR) is 55.0 cm³/mol. The molecule has 0 saturated carbocycles. The SMILES string of the molecule is COC(=O)/C(=C\c1cccs1)C(C)=O. The first kappa shape index (κ1) is 10.7. The molecule has 3 nitrogen and oxygen atoms in total. The van der Waals surface area contributed by atoms with Crippen molar-refractivity contribution in [1.82, 2.24) is 0 Å². The Morgan fingerprint density at radius 1 is 1.50 bits per heavy atom. The van der Waals surface area contributed by atoms with Crippen LogP contribution in [0.4, 0.5) is 0 Å². The van der Waals surface area contributed by atoms with Gasteiger partial charge in [-0.25, -0.2) is 4.79 Å². The first-order chi connectivity index (χ1) is 6.65. The lowest BCUT2D eigenvalue weighted by molar-refractivity contribution is -0.137. The number of carbonyl (C=O) groups is 2. The van der Waals surface area contributed by atoms with Gasteiger partial charge < -0.3 is 4.74 Å². The molecule has 0 aromatic carbocycles. The summed E-state index contributed by atoms with van der Waals surface area (Å²) in [6.07, 6.45) is 1.54. The Hall–Kier alpha value is -1.42. The Kier molecular flexibility index (Phi) is 3.59. The molecule has 0 bridgehead atoms. The molecule has 1 aromatic rings. The zero-order valence-electron chi connectivity index (χ0n) is 7.94. The zero-order valence-corrected chi connectivity index (χ0v) is 8.76. The number of methoxy groups -OCH3 is 1. The van der Waals surface area contributed by atoms with Gasteiger partial charge in [-0.15, -0.1) is 11.3 Å². The zero-order chi connectivity index (χ0) is 10.6. The molecule has 1 rings (SSSR count). The third-order valence-corrected chi connectivity index (χ3v) is 2.43. The molecule has 14 heavy (non-hydrogen) atoms. The van der Waals surface area contributed by atoms with Crippen LogP contribution in [0.5, 0.6) is 0 Å². The number of ketones is 1. The van der Waals surface area contributed by atoms with Gasteiger partial charge in [-0.05, 0) is 24.4 Å². The van der Waals surface area contributed by atoms with Crippen LogP contribution in [0.3, 0.4) is 0 Å². The second-order valence-corrected chi connectivity index (χ2v) is 3.60. The van der Waals surface area contributed by atoms with Gasteiger partial charge in [0.2, 0.25) is 0 Å². The fourth-order valence-electron chi connectivity index (χ4n) is 0.930. The van der Waals surface area contributed by atoms with Crippen molar-refractivity contribution in [3.8, 4) is 0 Å². The maximum Gasteiger partial charge on any atom is 0.341 e. The van der Waals surface area contributed by atoms with Crippen LogP contribution in [-0.4, -0.2) is 18.9 Å². The van der Waals surface area contributed by atoms with E-state index >= 15 is 0 Å². The van der Waals surface area contributed by atoms with Gasteiger partial charge in [-0.1, -0.05) is 6.07 Å². The van der Waals surface area contributed by atoms with E-state index in [1.807, 2.05) is 17.5 Å². The molecule has 0 unspecified atom stereocenters. The molecule has 0 amide bonds. The first-order valence-corrected chi connectivity index (χ1v) is 4.87. The summed E-state index contributed by atoms with van der Waals surface area (Å²) in [5.41, 5.74) is 0.0787. The van der Waals surface area contributed by atoms with Gasteiger partial charge in [0.1, 0.15) is 5.57 Å². The minimum atomic E-state index is -0.592. The Morgan fingerprint density at radius 2 is 2.21 bits per heavy atom. The maximum absolute atomic E-state index is 11.2. The van der Waals surface area contributed by atoms with Crippen molar-refractivity contribution in [2.24, 2.45) is 0 Å². The molecule has 0 aliphatic heterocycles. The van der Waals surface area contributed by atoms with E-state index in [4.69, 9.17) is 0 Å². The number of Topliss-reactive ketones (excluding diaryl/α,β-unsaturated/α-hetero) is 1. The highest BCUT2D eigenvalue weighted by Crippen LogP contribution is 2.14. The molecule has 0 saturated heterocycles. The molecule has 0 atom stereocenters. The summed E-state index contributed by atoms with van der Waals surface area (Å²) in [7, 11) is 1.26. The molecule has 0 aliphatic carbocycles. The number of thiophene rings is 1. The number of carbonyl (C=O) groups excluding carboxylic acids is 2. The average molecular weight is 210 g/mol. The number of esters is 1. The van der Waals surface area contributed by atoms with Crippen molar-refractivity contribution in [3.05, 3.63) is 28.0 Å². The van der Waals surface area contributed by atoms with E-state index in [0.29, 0.717) is 0 Å². The van der Waals surface area contributed by atoms with Crippen LogP contribution < -0.4 is 0 Å². The van der Waals surface area contributed by atoms with Gasteiger partial charge in [0.25, 0.3) is 0 Å². The summed E-state index contributed by atoms with van der Waals surface area (Å²) in [6, 6.07) is 3.68. The lowest BCUT2D eigenvalue weighted by atomic mass is 10.1. The summed E-state index contributed by atoms with van der Waals surface area (Å²) in [6.45, 7) is 1.34. The van der Waals surface area contributed by atoms with Gasteiger partial charge >= 0.3 is 5.97 Å². The Bertz CT molecular complexity index is 363. The topological polar surface area (TPSA) is 43.4 Å². The van der Waals surface area contributed by atoms with Crippen molar-refractivity contribution < 1.29 is 14.3 Å². The highest BCUT2D eigenvalue weighted by Gasteiger charge is 2.14. The highest BCUT2D eigenvalue weighted by atomic mass is 32.1. The van der Waals surface area contributed by atoms with Crippen LogP contribution in [0.1, 0.15) is 11.8 Å². The van der Waals surface area contributed by atoms with Gasteiger partial charge in [0, 0.05) is 4.88 Å². The van der Waals surface area contributed by atoms with Crippen LogP contribution in [0.2, 0.25) is 0 Å². The second kappa shape index (κ2) is 4.72. The van der Waals surface area contributed by atoms with Gasteiger partial charge in [-0.3, -0.25) is 4.79 Å². The van der Waals surface area contributed by atoms with Crippen molar-refractivity contribution in [1.29, 1.82) is 0 Å². The molecular formula is C10H10O3S. The Morgan fingerprint density at radius 3 is 2.64 bits per heavy atom. The lowest BCUT2D eigenvalue weighted by Gasteiger charge is -1.99. The summed E-state index contributed by atoms with van der Waals surface area (Å²) in [5.74, 6) is -0.879. The second-order valence-electron chi connectivity index (χ2n) is 2.62. The minimum absolute atomic E-state index is 0.0787. The molecule has 0 aliphatic rings. The van der Waals surface area contributed by atoms with Gasteiger partial charge in [0.15, 0.2) is 5.78 Å². The molecule has 0 radical (unpaired) electrons. The number of hydrogen-bond acceptors (Lipinski definition) is 4. The number of hydrogen-bond donors (Lipinski definition) is 0. The van der Waals surface area contributed by atoms with Gasteiger partial charge in [0.05, 0.1) is 7.11 Å². The number of ether oxygens (including phenoxy) is 1. The van der Waals surface area contributed by atoms with E-state index in [1.54, 1.807) is 6.08 Å². The predicted octanol–water partition coefficient (Wildman–Crippen LogP) is 1.89. The van der Waals surface area contributed by atoms with Crippen LogP contribution in [0.15, 0.2) is 23.1 Å². The molecule has 0 spiro atoms. The van der Waals surface area contributed by atoms with Crippen LogP contribution in [0, 0.1) is 0 Å². The molecule has 0 fully saturated rings. The van der Waals surface area contributed by atoms with E-state index in [9.17, 15) is 9.59 Å². The largest absolute Gasteiger partial charge is 0.465 e. The van der Waals surface area contributed by atoms with E-state index in [1.165, 1.54) is 25.4 Å². The number of rotatable bonds is 3. The third-order valence-electron chi connectivity index (χ3n) is 1.61. The average Bonchev–Trinajstić information content (AvgIpc) is 2.65. The summed E-state index contributed by atoms with van der Waals surface area (Å²) < 4.78 is 4.50. The normalized spacial score (nSPS) is 11.1. The fraction of sp³-hybridized carbons (Fsp3) is 0.200. The quantitative estimate of drug-likeness (QED) is 0.331. The summed E-state index contributed by atoms with van der Waals surface area (Å²) >= 11 is 1.46. The fourth-order valence-corrected chi connectivity index (χ4v) is 1.59. The van der Waals surface area contributed by atoms with E-state index < -0.39 is 5.97 Å². The van der Waals surface area contributed by atoms with Crippen molar-refractivity contribution in [2.75, 3.05) is 7.11 Å². The standard InChI is InChI=1S/C10H10O3S/c1-7(11)9(10(12)13-2)6-8-4-3-5-14-8/h3-6H,1-2H3/b9-6-. The Labute approximate surface area is 86.0 Å². The summed E-state index contributed by atoms with van der Waals surface area (Å²) in [5, 5.41) is 1.88.